The number of nitrogens with two attached hydrogens (primary N) is 1. The SMILES string of the molecule is C[C@H](Nc1ncnc(N)c1C#N)c1nnc2ccccc2c1-c1cc(F)cc(F)c1. The van der Waals surface area contributed by atoms with Crippen molar-refractivity contribution in [2.75, 3.05) is 11.1 Å². The van der Waals surface area contributed by atoms with Gasteiger partial charge in [-0.2, -0.15) is 15.5 Å². The molecule has 1 atom stereocenters. The molecule has 2 aromatic carbocycles. The Hall–Kier alpha value is -4.19. The van der Waals surface area contributed by atoms with Gasteiger partial charge in [0.05, 0.1) is 17.3 Å². The monoisotopic (exact) mass is 403 g/mol. The van der Waals surface area contributed by atoms with Crippen LogP contribution in [-0.4, -0.2) is 20.2 Å². The normalized spacial score (nSPS) is 11.8. The van der Waals surface area contributed by atoms with Crippen molar-refractivity contribution in [1.82, 2.24) is 20.2 Å². The second-order valence-electron chi connectivity index (χ2n) is 6.60. The molecule has 0 spiro atoms. The van der Waals surface area contributed by atoms with Gasteiger partial charge in [-0.25, -0.2) is 18.7 Å². The number of hydrogen-bond acceptors (Lipinski definition) is 7. The van der Waals surface area contributed by atoms with Crippen LogP contribution in [0.3, 0.4) is 0 Å². The Kier molecular flexibility index (Phi) is 4.90. The molecule has 9 heteroatoms. The van der Waals surface area contributed by atoms with Gasteiger partial charge in [0.25, 0.3) is 0 Å². The van der Waals surface area contributed by atoms with E-state index in [1.807, 2.05) is 18.2 Å². The Bertz CT molecular complexity index is 1280. The second kappa shape index (κ2) is 7.67. The molecular formula is C21H15F2N7. The largest absolute Gasteiger partial charge is 0.382 e. The predicted octanol–water partition coefficient (Wildman–Crippen LogP) is 3.99. The van der Waals surface area contributed by atoms with Gasteiger partial charge in [0, 0.05) is 17.0 Å². The summed E-state index contributed by atoms with van der Waals surface area (Å²) in [6, 6.07) is 11.9. The minimum Gasteiger partial charge on any atom is -0.382 e. The summed E-state index contributed by atoms with van der Waals surface area (Å²) in [6.07, 6.45) is 1.24. The van der Waals surface area contributed by atoms with E-state index in [2.05, 4.69) is 25.5 Å². The van der Waals surface area contributed by atoms with Crippen molar-refractivity contribution in [2.24, 2.45) is 0 Å². The van der Waals surface area contributed by atoms with Gasteiger partial charge in [-0.15, -0.1) is 0 Å². The van der Waals surface area contributed by atoms with Crippen LogP contribution in [-0.2, 0) is 0 Å². The van der Waals surface area contributed by atoms with E-state index in [1.165, 1.54) is 18.5 Å². The summed E-state index contributed by atoms with van der Waals surface area (Å²) >= 11 is 0. The second-order valence-corrected chi connectivity index (χ2v) is 6.60. The standard InChI is InChI=1S/C21H15F2N7/c1-11(28-21-16(9-24)20(25)26-10-27-21)19-18(12-6-13(22)8-14(23)7-12)15-4-2-3-5-17(15)29-30-19/h2-8,10-11H,1H3,(H3,25,26,27,28)/t11-/m0/s1. The van der Waals surface area contributed by atoms with Gasteiger partial charge in [0.1, 0.15) is 41.2 Å². The Balaban J connectivity index is 1.89. The van der Waals surface area contributed by atoms with Crippen molar-refractivity contribution >= 4 is 22.5 Å². The average molecular weight is 403 g/mol. The first kappa shape index (κ1) is 19.1. The number of nitriles is 1. The highest BCUT2D eigenvalue weighted by Crippen LogP contribution is 2.35. The molecule has 0 saturated carbocycles. The van der Waals surface area contributed by atoms with Gasteiger partial charge >= 0.3 is 0 Å². The van der Waals surface area contributed by atoms with Crippen LogP contribution in [0.1, 0.15) is 24.2 Å². The Morgan fingerprint density at radius 3 is 2.53 bits per heavy atom. The highest BCUT2D eigenvalue weighted by molar-refractivity contribution is 5.95. The first-order valence-corrected chi connectivity index (χ1v) is 8.97. The lowest BCUT2D eigenvalue weighted by molar-refractivity contribution is 0.584. The lowest BCUT2D eigenvalue weighted by Gasteiger charge is -2.19. The van der Waals surface area contributed by atoms with Gasteiger partial charge in [-0.1, -0.05) is 18.2 Å². The molecule has 2 aromatic heterocycles. The van der Waals surface area contributed by atoms with E-state index in [4.69, 9.17) is 5.73 Å². The molecule has 0 fully saturated rings. The number of halogens is 2. The highest BCUT2D eigenvalue weighted by Gasteiger charge is 2.21. The molecule has 0 radical (unpaired) electrons. The third-order valence-electron chi connectivity index (χ3n) is 4.60. The van der Waals surface area contributed by atoms with Crippen molar-refractivity contribution in [2.45, 2.75) is 13.0 Å². The summed E-state index contributed by atoms with van der Waals surface area (Å²) in [6.45, 7) is 1.78. The number of benzene rings is 2. The van der Waals surface area contributed by atoms with E-state index in [9.17, 15) is 14.0 Å². The van der Waals surface area contributed by atoms with Crippen LogP contribution in [0.2, 0.25) is 0 Å². The van der Waals surface area contributed by atoms with Gasteiger partial charge in [-0.3, -0.25) is 0 Å². The molecule has 0 unspecified atom stereocenters. The molecule has 30 heavy (non-hydrogen) atoms. The molecule has 0 aliphatic heterocycles. The fourth-order valence-corrected chi connectivity index (χ4v) is 3.26. The Morgan fingerprint density at radius 2 is 1.80 bits per heavy atom. The van der Waals surface area contributed by atoms with Gasteiger partial charge < -0.3 is 11.1 Å². The van der Waals surface area contributed by atoms with Crippen molar-refractivity contribution < 1.29 is 8.78 Å². The minimum atomic E-state index is -0.701. The number of nitrogens with one attached hydrogen (secondary N) is 1. The molecule has 2 heterocycles. The van der Waals surface area contributed by atoms with Crippen molar-refractivity contribution in [3.8, 4) is 17.2 Å². The van der Waals surface area contributed by atoms with Crippen LogP contribution in [0.5, 0.6) is 0 Å². The number of nitrogen functional groups attached to an aromatic ring is 1. The molecule has 0 amide bonds. The zero-order valence-corrected chi connectivity index (χ0v) is 15.8. The average Bonchev–Trinajstić information content (AvgIpc) is 2.72. The first-order valence-electron chi connectivity index (χ1n) is 8.97. The fraction of sp³-hybridized carbons (Fsp3) is 0.0952. The first-order chi connectivity index (χ1) is 14.5. The number of rotatable bonds is 4. The quantitative estimate of drug-likeness (QED) is 0.529. The van der Waals surface area contributed by atoms with Gasteiger partial charge in [0.2, 0.25) is 0 Å². The minimum absolute atomic E-state index is 0.0409. The topological polar surface area (TPSA) is 113 Å². The van der Waals surface area contributed by atoms with Crippen molar-refractivity contribution in [1.29, 1.82) is 5.26 Å². The van der Waals surface area contributed by atoms with E-state index >= 15 is 0 Å². The van der Waals surface area contributed by atoms with Crippen molar-refractivity contribution in [3.05, 3.63) is 71.7 Å². The van der Waals surface area contributed by atoms with Crippen molar-refractivity contribution in [3.63, 3.8) is 0 Å². The third kappa shape index (κ3) is 3.46. The maximum Gasteiger partial charge on any atom is 0.150 e. The smallest absolute Gasteiger partial charge is 0.150 e. The van der Waals surface area contributed by atoms with E-state index in [1.54, 1.807) is 19.1 Å². The summed E-state index contributed by atoms with van der Waals surface area (Å²) in [4.78, 5) is 7.88. The maximum atomic E-state index is 14.0. The molecule has 7 nitrogen and oxygen atoms in total. The van der Waals surface area contributed by atoms with Crippen LogP contribution in [0.25, 0.3) is 22.0 Å². The third-order valence-corrected chi connectivity index (χ3v) is 4.60. The van der Waals surface area contributed by atoms with E-state index < -0.39 is 17.7 Å². The van der Waals surface area contributed by atoms with E-state index in [0.29, 0.717) is 27.7 Å². The summed E-state index contributed by atoms with van der Waals surface area (Å²) in [5, 5.41) is 21.7. The Labute approximate surface area is 170 Å². The van der Waals surface area contributed by atoms with Crippen LogP contribution in [0, 0.1) is 23.0 Å². The summed E-state index contributed by atoms with van der Waals surface area (Å²) < 4.78 is 28.0. The molecule has 4 rings (SSSR count). The number of nitrogens with zero attached hydrogens (tertiary/aromatic N) is 5. The van der Waals surface area contributed by atoms with Gasteiger partial charge in [0.15, 0.2) is 0 Å². The lowest BCUT2D eigenvalue weighted by Crippen LogP contribution is -2.14. The van der Waals surface area contributed by atoms with Crippen LogP contribution in [0.15, 0.2) is 48.8 Å². The van der Waals surface area contributed by atoms with Crippen LogP contribution < -0.4 is 11.1 Å². The molecule has 4 aromatic rings. The number of anilines is 2. The number of hydrogen-bond donors (Lipinski definition) is 2. The predicted molar refractivity (Wildman–Crippen MR) is 108 cm³/mol. The zero-order valence-electron chi connectivity index (χ0n) is 15.8. The van der Waals surface area contributed by atoms with E-state index in [-0.39, 0.29) is 17.2 Å². The molecule has 0 saturated heterocycles. The zero-order chi connectivity index (χ0) is 21.3. The fourth-order valence-electron chi connectivity index (χ4n) is 3.26. The highest BCUT2D eigenvalue weighted by atomic mass is 19.1. The molecule has 0 aliphatic rings. The number of fused-ring (bicyclic) bond motifs is 1. The summed E-state index contributed by atoms with van der Waals surface area (Å²) in [5.41, 5.74) is 7.71. The lowest BCUT2D eigenvalue weighted by atomic mass is 9.96. The number of aromatic nitrogens is 4. The van der Waals surface area contributed by atoms with E-state index in [0.717, 1.165) is 6.07 Å². The molecule has 3 N–H and O–H groups in total. The molecule has 0 aliphatic carbocycles. The maximum absolute atomic E-state index is 14.0. The Morgan fingerprint density at radius 1 is 1.07 bits per heavy atom. The molecular weight excluding hydrogens is 388 g/mol. The summed E-state index contributed by atoms with van der Waals surface area (Å²) in [5.74, 6) is -1.14. The summed E-state index contributed by atoms with van der Waals surface area (Å²) in [7, 11) is 0. The molecule has 0 bridgehead atoms. The molecule has 148 valence electrons. The van der Waals surface area contributed by atoms with Crippen LogP contribution in [0.4, 0.5) is 20.4 Å². The van der Waals surface area contributed by atoms with Crippen LogP contribution >= 0.6 is 0 Å². The van der Waals surface area contributed by atoms with Gasteiger partial charge in [-0.05, 0) is 30.7 Å².